The number of nitrogens with one attached hydrogen (secondary N) is 2. The summed E-state index contributed by atoms with van der Waals surface area (Å²) in [5.74, 6) is 0.384. The van der Waals surface area contributed by atoms with Gasteiger partial charge in [-0.25, -0.2) is 4.79 Å². The molecule has 5 nitrogen and oxygen atoms in total. The minimum absolute atomic E-state index is 0.0121. The predicted octanol–water partition coefficient (Wildman–Crippen LogP) is 2.22. The molecule has 0 aliphatic rings. The molecule has 1 aromatic rings. The fraction of sp³-hybridized carbons (Fsp3) is 0.308. The maximum Gasteiger partial charge on any atom is 0.315 e. The van der Waals surface area contributed by atoms with Crippen LogP contribution in [0.25, 0.3) is 0 Å². The third kappa shape index (κ3) is 5.69. The van der Waals surface area contributed by atoms with Crippen LogP contribution in [0.3, 0.4) is 0 Å². The number of hydrogen-bond donors (Lipinski definition) is 3. The van der Waals surface area contributed by atoms with Gasteiger partial charge in [0.2, 0.25) is 0 Å². The fourth-order valence-corrected chi connectivity index (χ4v) is 1.62. The highest BCUT2D eigenvalue weighted by Gasteiger charge is 2.10. The number of aliphatic hydroxyl groups is 1. The maximum atomic E-state index is 11.2. The van der Waals surface area contributed by atoms with E-state index in [4.69, 9.17) is 27.9 Å². The normalized spacial score (nSPS) is 11.6. The van der Waals surface area contributed by atoms with E-state index in [1.807, 2.05) is 0 Å². The van der Waals surface area contributed by atoms with Crippen LogP contribution in [0.15, 0.2) is 30.9 Å². The Morgan fingerprint density at radius 3 is 2.90 bits per heavy atom. The van der Waals surface area contributed by atoms with Crippen molar-refractivity contribution >= 4 is 29.2 Å². The van der Waals surface area contributed by atoms with Crippen molar-refractivity contribution in [2.75, 3.05) is 19.7 Å². The summed E-state index contributed by atoms with van der Waals surface area (Å²) in [4.78, 5) is 11.2. The molecule has 3 N–H and O–H groups in total. The number of carbonyl (C=O) groups is 1. The van der Waals surface area contributed by atoms with Crippen LogP contribution in [0.5, 0.6) is 5.75 Å². The van der Waals surface area contributed by atoms with Crippen molar-refractivity contribution in [1.29, 1.82) is 0 Å². The molecule has 0 saturated carbocycles. The Kier molecular flexibility index (Phi) is 7.22. The van der Waals surface area contributed by atoms with E-state index >= 15 is 0 Å². The van der Waals surface area contributed by atoms with Crippen LogP contribution in [0, 0.1) is 0 Å². The quantitative estimate of drug-likeness (QED) is 0.675. The van der Waals surface area contributed by atoms with Crippen molar-refractivity contribution in [3.05, 3.63) is 40.9 Å². The first kappa shape index (κ1) is 16.6. The first-order chi connectivity index (χ1) is 9.54. The Morgan fingerprint density at radius 1 is 1.45 bits per heavy atom. The molecule has 0 aliphatic heterocycles. The average molecular weight is 319 g/mol. The lowest BCUT2D eigenvalue weighted by atomic mass is 10.3. The summed E-state index contributed by atoms with van der Waals surface area (Å²) in [7, 11) is 0. The van der Waals surface area contributed by atoms with E-state index in [9.17, 15) is 9.90 Å². The summed E-state index contributed by atoms with van der Waals surface area (Å²) < 4.78 is 5.34. The van der Waals surface area contributed by atoms with Gasteiger partial charge in [-0.3, -0.25) is 0 Å². The van der Waals surface area contributed by atoms with Gasteiger partial charge in [0.1, 0.15) is 23.5 Å². The van der Waals surface area contributed by atoms with Crippen LogP contribution in [-0.2, 0) is 0 Å². The molecule has 1 rings (SSSR count). The van der Waals surface area contributed by atoms with Crippen molar-refractivity contribution in [3.63, 3.8) is 0 Å². The molecule has 2 amide bonds. The van der Waals surface area contributed by atoms with E-state index in [1.165, 1.54) is 0 Å². The summed E-state index contributed by atoms with van der Waals surface area (Å²) in [5.41, 5.74) is 0. The number of aliphatic hydroxyl groups excluding tert-OH is 1. The second kappa shape index (κ2) is 8.68. The minimum atomic E-state index is -0.862. The number of benzene rings is 1. The number of urea groups is 1. The molecule has 0 bridgehead atoms. The zero-order valence-electron chi connectivity index (χ0n) is 10.7. The van der Waals surface area contributed by atoms with E-state index < -0.39 is 6.10 Å². The fourth-order valence-electron chi connectivity index (χ4n) is 1.28. The van der Waals surface area contributed by atoms with Crippen molar-refractivity contribution in [3.8, 4) is 5.75 Å². The van der Waals surface area contributed by atoms with Crippen LogP contribution in [0.4, 0.5) is 4.79 Å². The third-order valence-corrected chi connectivity index (χ3v) is 3.05. The van der Waals surface area contributed by atoms with E-state index in [0.717, 1.165) is 0 Å². The number of ether oxygens (including phenoxy) is 1. The van der Waals surface area contributed by atoms with Crippen LogP contribution in [0.1, 0.15) is 0 Å². The molecule has 0 aromatic heterocycles. The van der Waals surface area contributed by atoms with Gasteiger partial charge in [-0.05, 0) is 12.1 Å². The topological polar surface area (TPSA) is 70.6 Å². The number of amides is 2. The molecule has 7 heteroatoms. The Bertz CT molecular complexity index is 469. The molecule has 1 atom stereocenters. The number of carbonyl (C=O) groups excluding carboxylic acids is 1. The number of hydrogen-bond acceptors (Lipinski definition) is 3. The van der Waals surface area contributed by atoms with Crippen LogP contribution >= 0.6 is 23.2 Å². The van der Waals surface area contributed by atoms with Crippen molar-refractivity contribution in [2.45, 2.75) is 6.10 Å². The molecule has 110 valence electrons. The van der Waals surface area contributed by atoms with Gasteiger partial charge in [-0.1, -0.05) is 35.3 Å². The minimum Gasteiger partial charge on any atom is -0.489 e. The highest BCUT2D eigenvalue weighted by atomic mass is 35.5. The molecular weight excluding hydrogens is 303 g/mol. The van der Waals surface area contributed by atoms with E-state index in [2.05, 4.69) is 17.2 Å². The van der Waals surface area contributed by atoms with Gasteiger partial charge in [-0.15, -0.1) is 6.58 Å². The standard InChI is InChI=1S/C13H16Cl2N2O3/c1-2-6-16-13(19)17-7-9(18)8-20-11-5-3-4-10(14)12(11)15/h2-5,9,18H,1,6-8H2,(H2,16,17,19)/t9-/m0/s1. The lowest BCUT2D eigenvalue weighted by molar-refractivity contribution is 0.108. The van der Waals surface area contributed by atoms with Gasteiger partial charge in [0.25, 0.3) is 0 Å². The monoisotopic (exact) mass is 318 g/mol. The van der Waals surface area contributed by atoms with E-state index in [0.29, 0.717) is 17.3 Å². The second-order valence-electron chi connectivity index (χ2n) is 3.90. The van der Waals surface area contributed by atoms with Crippen LogP contribution in [0.2, 0.25) is 10.0 Å². The Labute approximate surface area is 127 Å². The molecule has 1 aromatic carbocycles. The molecule has 0 saturated heterocycles. The largest absolute Gasteiger partial charge is 0.489 e. The van der Waals surface area contributed by atoms with Crippen LogP contribution in [-0.4, -0.2) is 36.9 Å². The average Bonchev–Trinajstić information content (AvgIpc) is 2.44. The number of rotatable bonds is 7. The zero-order chi connectivity index (χ0) is 15.0. The summed E-state index contributed by atoms with van der Waals surface area (Å²) in [6.07, 6.45) is 0.694. The van der Waals surface area contributed by atoms with E-state index in [1.54, 1.807) is 24.3 Å². The molecule has 0 radical (unpaired) electrons. The second-order valence-corrected chi connectivity index (χ2v) is 4.68. The van der Waals surface area contributed by atoms with Crippen molar-refractivity contribution < 1.29 is 14.6 Å². The molecule has 0 fully saturated rings. The number of halogens is 2. The Morgan fingerprint density at radius 2 is 2.20 bits per heavy atom. The van der Waals surface area contributed by atoms with E-state index in [-0.39, 0.29) is 24.2 Å². The maximum absolute atomic E-state index is 11.2. The summed E-state index contributed by atoms with van der Waals surface area (Å²) in [5, 5.41) is 15.4. The first-order valence-electron chi connectivity index (χ1n) is 5.92. The molecular formula is C13H16Cl2N2O3. The van der Waals surface area contributed by atoms with Crippen molar-refractivity contribution in [1.82, 2.24) is 10.6 Å². The lowest BCUT2D eigenvalue weighted by Gasteiger charge is -2.14. The Hall–Kier alpha value is -1.43. The van der Waals surface area contributed by atoms with Gasteiger partial charge in [0.15, 0.2) is 0 Å². The highest BCUT2D eigenvalue weighted by Crippen LogP contribution is 2.31. The van der Waals surface area contributed by atoms with Crippen LogP contribution < -0.4 is 15.4 Å². The molecule has 0 unspecified atom stereocenters. The summed E-state index contributed by atoms with van der Waals surface area (Å²) >= 11 is 11.8. The van der Waals surface area contributed by atoms with Gasteiger partial charge >= 0.3 is 6.03 Å². The van der Waals surface area contributed by atoms with Gasteiger partial charge in [0.05, 0.1) is 5.02 Å². The van der Waals surface area contributed by atoms with Gasteiger partial charge in [0, 0.05) is 13.1 Å². The first-order valence-corrected chi connectivity index (χ1v) is 6.67. The van der Waals surface area contributed by atoms with Gasteiger partial charge < -0.3 is 20.5 Å². The summed E-state index contributed by atoms with van der Waals surface area (Å²) in [6.45, 7) is 3.87. The SMILES string of the molecule is C=CCNC(=O)NC[C@H](O)COc1cccc(Cl)c1Cl. The van der Waals surface area contributed by atoms with Crippen molar-refractivity contribution in [2.24, 2.45) is 0 Å². The zero-order valence-corrected chi connectivity index (χ0v) is 12.2. The Balaban J connectivity index is 2.32. The predicted molar refractivity (Wildman–Crippen MR) is 79.6 cm³/mol. The lowest BCUT2D eigenvalue weighted by Crippen LogP contribution is -2.41. The summed E-state index contributed by atoms with van der Waals surface area (Å²) in [6, 6.07) is 4.59. The molecule has 0 heterocycles. The van der Waals surface area contributed by atoms with Gasteiger partial charge in [-0.2, -0.15) is 0 Å². The molecule has 0 spiro atoms. The molecule has 20 heavy (non-hydrogen) atoms. The molecule has 0 aliphatic carbocycles. The smallest absolute Gasteiger partial charge is 0.315 e. The third-order valence-electron chi connectivity index (χ3n) is 2.25. The highest BCUT2D eigenvalue weighted by molar-refractivity contribution is 6.42.